The highest BCUT2D eigenvalue weighted by atomic mass is 35.5. The second-order valence-corrected chi connectivity index (χ2v) is 10.6. The molecule has 1 saturated heterocycles. The molecule has 2 aromatic carbocycles. The van der Waals surface area contributed by atoms with Crippen LogP contribution in [0.1, 0.15) is 27.4 Å². The molecular weight excluding hydrogens is 475 g/mol. The molecule has 1 amide bonds. The van der Waals surface area contributed by atoms with Crippen molar-refractivity contribution in [2.75, 3.05) is 18.0 Å². The maximum absolute atomic E-state index is 12.6. The van der Waals surface area contributed by atoms with Gasteiger partial charge >= 0.3 is 0 Å². The zero-order valence-electron chi connectivity index (χ0n) is 17.9. The number of anilines is 1. The van der Waals surface area contributed by atoms with Crippen LogP contribution in [0.2, 0.25) is 10.0 Å². The van der Waals surface area contributed by atoms with Gasteiger partial charge in [-0.15, -0.1) is 11.3 Å². The Bertz CT molecular complexity index is 1370. The molecule has 2 fully saturated rings. The second kappa shape index (κ2) is 8.05. The summed E-state index contributed by atoms with van der Waals surface area (Å²) in [6.45, 7) is 3.63. The van der Waals surface area contributed by atoms with E-state index in [4.69, 9.17) is 28.2 Å². The zero-order chi connectivity index (χ0) is 22.7. The van der Waals surface area contributed by atoms with Crippen molar-refractivity contribution < 1.29 is 4.79 Å². The Kier molecular flexibility index (Phi) is 5.13. The molecule has 0 spiro atoms. The van der Waals surface area contributed by atoms with Crippen molar-refractivity contribution in [1.29, 1.82) is 0 Å². The summed E-state index contributed by atoms with van der Waals surface area (Å²) in [5.74, 6) is 0.715. The number of rotatable bonds is 5. The van der Waals surface area contributed by atoms with E-state index in [1.54, 1.807) is 18.3 Å². The number of amides is 1. The van der Waals surface area contributed by atoms with Crippen molar-refractivity contribution in [1.82, 2.24) is 15.3 Å². The number of nitrogens with zero attached hydrogens (tertiary/aromatic N) is 2. The Hall–Kier alpha value is -2.54. The first-order chi connectivity index (χ1) is 16.0. The number of aromatic amines is 1. The molecule has 3 atom stereocenters. The SMILES string of the molecule is Cc1[nH]c(C(=O)N[C@H]2[C@@H]3CN(c4nc(Cc5ccc6ccccc6c5)cs4)C[C@@H]32)c(Cl)c1Cl. The van der Waals surface area contributed by atoms with Gasteiger partial charge in [0, 0.05) is 48.5 Å². The van der Waals surface area contributed by atoms with E-state index in [2.05, 4.69) is 63.0 Å². The lowest BCUT2D eigenvalue weighted by molar-refractivity contribution is 0.0942. The predicted molar refractivity (Wildman–Crippen MR) is 135 cm³/mol. The van der Waals surface area contributed by atoms with Gasteiger partial charge < -0.3 is 15.2 Å². The Morgan fingerprint density at radius 1 is 1.15 bits per heavy atom. The first kappa shape index (κ1) is 21.0. The van der Waals surface area contributed by atoms with Gasteiger partial charge in [0.25, 0.3) is 5.91 Å². The number of carbonyl (C=O) groups excluding carboxylic acids is 1. The summed E-state index contributed by atoms with van der Waals surface area (Å²) in [6.07, 6.45) is 0.833. The molecule has 33 heavy (non-hydrogen) atoms. The number of H-pyrrole nitrogens is 1. The Labute approximate surface area is 205 Å². The van der Waals surface area contributed by atoms with E-state index in [0.29, 0.717) is 33.3 Å². The molecule has 1 aliphatic carbocycles. The topological polar surface area (TPSA) is 61.0 Å². The number of benzene rings is 2. The van der Waals surface area contributed by atoms with Crippen molar-refractivity contribution in [3.8, 4) is 0 Å². The maximum Gasteiger partial charge on any atom is 0.269 e. The summed E-state index contributed by atoms with van der Waals surface area (Å²) in [5, 5.41) is 9.57. The lowest BCUT2D eigenvalue weighted by Crippen LogP contribution is -2.34. The number of hydrogen-bond acceptors (Lipinski definition) is 4. The molecule has 6 rings (SSSR count). The molecule has 0 radical (unpaired) electrons. The molecule has 1 aliphatic heterocycles. The fraction of sp³-hybridized carbons (Fsp3) is 0.280. The summed E-state index contributed by atoms with van der Waals surface area (Å²) < 4.78 is 0. The maximum atomic E-state index is 12.6. The first-order valence-corrected chi connectivity index (χ1v) is 12.6. The van der Waals surface area contributed by atoms with Crippen LogP contribution in [0, 0.1) is 18.8 Å². The van der Waals surface area contributed by atoms with Gasteiger partial charge in [-0.05, 0) is 23.3 Å². The highest BCUT2D eigenvalue weighted by Gasteiger charge is 2.57. The third kappa shape index (κ3) is 3.80. The number of fused-ring (bicyclic) bond motifs is 2. The van der Waals surface area contributed by atoms with Gasteiger partial charge in [0.1, 0.15) is 5.69 Å². The van der Waals surface area contributed by atoms with E-state index in [-0.39, 0.29) is 11.9 Å². The van der Waals surface area contributed by atoms with Crippen LogP contribution >= 0.6 is 34.5 Å². The minimum Gasteiger partial charge on any atom is -0.352 e. The van der Waals surface area contributed by atoms with Gasteiger partial charge in [-0.2, -0.15) is 0 Å². The van der Waals surface area contributed by atoms with E-state index in [1.807, 2.05) is 0 Å². The average Bonchev–Trinajstić information content (AvgIpc) is 3.20. The normalized spacial score (nSPS) is 21.4. The average molecular weight is 497 g/mol. The largest absolute Gasteiger partial charge is 0.352 e. The number of nitrogens with one attached hydrogen (secondary N) is 2. The summed E-state index contributed by atoms with van der Waals surface area (Å²) in [5.41, 5.74) is 3.43. The van der Waals surface area contributed by atoms with Crippen molar-refractivity contribution in [2.45, 2.75) is 19.4 Å². The molecule has 2 aliphatic rings. The van der Waals surface area contributed by atoms with Gasteiger partial charge in [0.05, 0.1) is 15.7 Å². The highest BCUT2D eigenvalue weighted by Crippen LogP contribution is 2.47. The van der Waals surface area contributed by atoms with Crippen LogP contribution in [0.25, 0.3) is 10.8 Å². The van der Waals surface area contributed by atoms with Crippen molar-refractivity contribution in [3.05, 3.63) is 80.5 Å². The van der Waals surface area contributed by atoms with E-state index >= 15 is 0 Å². The van der Waals surface area contributed by atoms with Crippen molar-refractivity contribution in [2.24, 2.45) is 11.8 Å². The summed E-state index contributed by atoms with van der Waals surface area (Å²) in [7, 11) is 0. The molecule has 3 heterocycles. The van der Waals surface area contributed by atoms with Gasteiger partial charge in [-0.1, -0.05) is 65.7 Å². The molecule has 0 unspecified atom stereocenters. The van der Waals surface area contributed by atoms with Crippen LogP contribution in [0.4, 0.5) is 5.13 Å². The van der Waals surface area contributed by atoms with Gasteiger partial charge in [-0.3, -0.25) is 4.79 Å². The lowest BCUT2D eigenvalue weighted by atomic mass is 10.0. The van der Waals surface area contributed by atoms with Crippen molar-refractivity contribution in [3.63, 3.8) is 0 Å². The molecule has 8 heteroatoms. The summed E-state index contributed by atoms with van der Waals surface area (Å²) in [4.78, 5) is 22.8. The van der Waals surface area contributed by atoms with Crippen LogP contribution in [0.5, 0.6) is 0 Å². The van der Waals surface area contributed by atoms with Crippen LogP contribution in [-0.2, 0) is 6.42 Å². The number of aromatic nitrogens is 2. The molecule has 5 nitrogen and oxygen atoms in total. The van der Waals surface area contributed by atoms with Gasteiger partial charge in [0.15, 0.2) is 5.13 Å². The number of carbonyl (C=O) groups is 1. The number of aryl methyl sites for hydroxylation is 1. The lowest BCUT2D eigenvalue weighted by Gasteiger charge is -2.19. The molecule has 0 bridgehead atoms. The minimum absolute atomic E-state index is 0.184. The molecule has 1 saturated carbocycles. The number of hydrogen-bond donors (Lipinski definition) is 2. The number of thiazole rings is 1. The molecule has 4 aromatic rings. The summed E-state index contributed by atoms with van der Waals surface area (Å²) in [6, 6.07) is 15.2. The minimum atomic E-state index is -0.187. The van der Waals surface area contributed by atoms with Gasteiger partial charge in [0.2, 0.25) is 0 Å². The molecule has 2 aromatic heterocycles. The molecule has 2 N–H and O–H groups in total. The standard InChI is InChI=1S/C25H22Cl2N4OS/c1-13-20(26)21(27)23(28-13)24(32)30-22-18-10-31(11-19(18)22)25-29-17(12-33-25)9-14-6-7-15-4-2-3-5-16(15)8-14/h2-8,12,18-19,22,28H,9-11H2,1H3,(H,30,32)/t18-,19+,22+. The summed E-state index contributed by atoms with van der Waals surface area (Å²) >= 11 is 14.0. The van der Waals surface area contributed by atoms with Crippen molar-refractivity contribution >= 4 is 56.3 Å². The third-order valence-corrected chi connectivity index (χ3v) is 8.68. The van der Waals surface area contributed by atoms with Gasteiger partial charge in [-0.25, -0.2) is 4.98 Å². The zero-order valence-corrected chi connectivity index (χ0v) is 20.3. The molecule has 168 valence electrons. The second-order valence-electron chi connectivity index (χ2n) is 8.96. The van der Waals surface area contributed by atoms with E-state index in [9.17, 15) is 4.79 Å². The van der Waals surface area contributed by atoms with Crippen LogP contribution in [0.15, 0.2) is 47.8 Å². The first-order valence-electron chi connectivity index (χ1n) is 11.0. The fourth-order valence-corrected chi connectivity index (χ4v) is 6.19. The van der Waals surface area contributed by atoms with Crippen LogP contribution in [0.3, 0.4) is 0 Å². The van der Waals surface area contributed by atoms with Crippen LogP contribution < -0.4 is 10.2 Å². The predicted octanol–water partition coefficient (Wildman–Crippen LogP) is 5.70. The van der Waals surface area contributed by atoms with Crippen LogP contribution in [-0.4, -0.2) is 35.0 Å². The fourth-order valence-electron chi connectivity index (χ4n) is 4.93. The third-order valence-electron chi connectivity index (χ3n) is 6.78. The number of halogens is 2. The molecular formula is C25H22Cl2N4OS. The Morgan fingerprint density at radius 3 is 2.64 bits per heavy atom. The van der Waals surface area contributed by atoms with E-state index in [1.165, 1.54) is 16.3 Å². The highest BCUT2D eigenvalue weighted by molar-refractivity contribution is 7.13. The Balaban J connectivity index is 1.07. The monoisotopic (exact) mass is 496 g/mol. The Morgan fingerprint density at radius 2 is 1.91 bits per heavy atom. The smallest absolute Gasteiger partial charge is 0.269 e. The number of piperidine rings is 1. The van der Waals surface area contributed by atoms with E-state index in [0.717, 1.165) is 30.3 Å². The quantitative estimate of drug-likeness (QED) is 0.372. The van der Waals surface area contributed by atoms with E-state index < -0.39 is 0 Å².